The number of aromatic nitrogens is 2. The highest BCUT2D eigenvalue weighted by Crippen LogP contribution is 2.29. The van der Waals surface area contributed by atoms with Gasteiger partial charge in [-0.15, -0.1) is 0 Å². The summed E-state index contributed by atoms with van der Waals surface area (Å²) in [5.74, 6) is 0. The van der Waals surface area contributed by atoms with Crippen molar-refractivity contribution in [2.24, 2.45) is 0 Å². The molecule has 6 nitrogen and oxygen atoms in total. The summed E-state index contributed by atoms with van der Waals surface area (Å²) in [6.07, 6.45) is 8.18. The van der Waals surface area contributed by atoms with Crippen molar-refractivity contribution in [2.75, 3.05) is 6.54 Å². The maximum Gasteiger partial charge on any atom is 0.260 e. The Balaban J connectivity index is 1.80. The topological polar surface area (TPSA) is 78.1 Å². The van der Waals surface area contributed by atoms with Crippen molar-refractivity contribution >= 4 is 10.0 Å². The van der Waals surface area contributed by atoms with Gasteiger partial charge in [0.25, 0.3) is 10.0 Å². The van der Waals surface area contributed by atoms with Gasteiger partial charge in [-0.1, -0.05) is 19.8 Å². The molecule has 1 heterocycles. The van der Waals surface area contributed by atoms with Gasteiger partial charge in [0.15, 0.2) is 5.03 Å². The van der Waals surface area contributed by atoms with Crippen molar-refractivity contribution in [2.45, 2.75) is 69.1 Å². The molecular formula is C14H24N4O2S. The van der Waals surface area contributed by atoms with Gasteiger partial charge in [-0.2, -0.15) is 9.40 Å². The zero-order chi connectivity index (χ0) is 14.9. The second kappa shape index (κ2) is 6.06. The number of sulfonamides is 1. The Bertz CT molecular complexity index is 574. The largest absolute Gasteiger partial charge is 0.310 e. The molecule has 0 atom stereocenters. The molecule has 2 saturated carbocycles. The van der Waals surface area contributed by atoms with Crippen LogP contribution < -0.4 is 5.32 Å². The van der Waals surface area contributed by atoms with Crippen LogP contribution in [-0.4, -0.2) is 41.5 Å². The van der Waals surface area contributed by atoms with E-state index in [1.807, 2.05) is 6.92 Å². The van der Waals surface area contributed by atoms with E-state index in [4.69, 9.17) is 0 Å². The van der Waals surface area contributed by atoms with E-state index in [1.165, 1.54) is 12.8 Å². The van der Waals surface area contributed by atoms with Crippen LogP contribution in [0, 0.1) is 0 Å². The first kappa shape index (κ1) is 15.0. The van der Waals surface area contributed by atoms with E-state index < -0.39 is 10.0 Å². The van der Waals surface area contributed by atoms with Gasteiger partial charge >= 0.3 is 0 Å². The maximum absolute atomic E-state index is 12.9. The van der Waals surface area contributed by atoms with E-state index in [1.54, 1.807) is 10.5 Å². The first-order valence-corrected chi connectivity index (χ1v) is 9.34. The number of aromatic amines is 1. The van der Waals surface area contributed by atoms with Crippen LogP contribution in [0.5, 0.6) is 0 Å². The molecule has 118 valence electrons. The summed E-state index contributed by atoms with van der Waals surface area (Å²) < 4.78 is 27.5. The summed E-state index contributed by atoms with van der Waals surface area (Å²) in [5.41, 5.74) is 0.748. The molecule has 0 spiro atoms. The number of rotatable bonds is 7. The van der Waals surface area contributed by atoms with E-state index in [2.05, 4.69) is 15.5 Å². The maximum atomic E-state index is 12.9. The fourth-order valence-corrected chi connectivity index (χ4v) is 4.93. The third-order valence-electron chi connectivity index (χ3n) is 4.45. The Labute approximate surface area is 126 Å². The average Bonchev–Trinajstić information content (AvgIpc) is 2.93. The third-order valence-corrected chi connectivity index (χ3v) is 6.49. The number of nitrogens with zero attached hydrogens (tertiary/aromatic N) is 2. The lowest BCUT2D eigenvalue weighted by atomic mass is 10.2. The second-order valence-corrected chi connectivity index (χ2v) is 7.85. The molecule has 2 aliphatic rings. The Morgan fingerprint density at radius 2 is 2.05 bits per heavy atom. The second-order valence-electron chi connectivity index (χ2n) is 6.03. The van der Waals surface area contributed by atoms with E-state index in [9.17, 15) is 8.42 Å². The lowest BCUT2D eigenvalue weighted by Gasteiger charge is -2.26. The van der Waals surface area contributed by atoms with E-state index in [0.29, 0.717) is 19.1 Å². The van der Waals surface area contributed by atoms with Crippen LogP contribution in [0.25, 0.3) is 0 Å². The highest BCUT2D eigenvalue weighted by atomic mass is 32.2. The molecule has 0 saturated heterocycles. The van der Waals surface area contributed by atoms with Gasteiger partial charge < -0.3 is 5.32 Å². The minimum absolute atomic E-state index is 0.146. The minimum Gasteiger partial charge on any atom is -0.310 e. The molecule has 0 radical (unpaired) electrons. The van der Waals surface area contributed by atoms with Gasteiger partial charge in [0.1, 0.15) is 0 Å². The predicted molar refractivity (Wildman–Crippen MR) is 80.3 cm³/mol. The van der Waals surface area contributed by atoms with E-state index in [-0.39, 0.29) is 11.1 Å². The first-order chi connectivity index (χ1) is 10.1. The summed E-state index contributed by atoms with van der Waals surface area (Å²) in [6, 6.07) is 0.695. The quantitative estimate of drug-likeness (QED) is 0.802. The van der Waals surface area contributed by atoms with Crippen molar-refractivity contribution in [1.29, 1.82) is 0 Å². The lowest BCUT2D eigenvalue weighted by molar-refractivity contribution is 0.334. The standard InChI is InChI=1S/C14H24N4O2S/c1-2-18(13-5-3-4-6-13)21(19,20)14-11(10-16-17-14)9-15-12-7-8-12/h10,12-13,15H,2-9H2,1H3,(H,16,17). The molecule has 2 N–H and O–H groups in total. The number of H-pyrrole nitrogens is 1. The van der Waals surface area contributed by atoms with Crippen LogP contribution in [0.1, 0.15) is 51.0 Å². The van der Waals surface area contributed by atoms with Gasteiger partial charge in [0, 0.05) is 30.7 Å². The van der Waals surface area contributed by atoms with E-state index >= 15 is 0 Å². The van der Waals surface area contributed by atoms with Crippen molar-refractivity contribution < 1.29 is 8.42 Å². The molecule has 1 aromatic heterocycles. The molecule has 1 aromatic rings. The molecule has 0 aliphatic heterocycles. The smallest absolute Gasteiger partial charge is 0.260 e. The molecule has 7 heteroatoms. The normalized spacial score (nSPS) is 20.5. The Morgan fingerprint density at radius 3 is 2.67 bits per heavy atom. The molecular weight excluding hydrogens is 288 g/mol. The van der Waals surface area contributed by atoms with Crippen LogP contribution in [-0.2, 0) is 16.6 Å². The summed E-state index contributed by atoms with van der Waals surface area (Å²) in [6.45, 7) is 2.99. The van der Waals surface area contributed by atoms with Crippen LogP contribution in [0.3, 0.4) is 0 Å². The highest BCUT2D eigenvalue weighted by molar-refractivity contribution is 7.89. The summed E-state index contributed by atoms with van der Waals surface area (Å²) in [5, 5.41) is 10.3. The Hall–Kier alpha value is -0.920. The third kappa shape index (κ3) is 3.14. The van der Waals surface area contributed by atoms with Gasteiger partial charge in [-0.3, -0.25) is 5.10 Å². The molecule has 0 bridgehead atoms. The number of nitrogens with one attached hydrogen (secondary N) is 2. The minimum atomic E-state index is -3.47. The van der Waals surface area contributed by atoms with Crippen molar-refractivity contribution in [3.63, 3.8) is 0 Å². The Morgan fingerprint density at radius 1 is 1.33 bits per heavy atom. The molecule has 0 unspecified atom stereocenters. The first-order valence-electron chi connectivity index (χ1n) is 7.90. The van der Waals surface area contributed by atoms with Crippen LogP contribution in [0.4, 0.5) is 0 Å². The SMILES string of the molecule is CCN(C1CCCC1)S(=O)(=O)c1[nH]ncc1CNC1CC1. The predicted octanol–water partition coefficient (Wildman–Crippen LogP) is 1.61. The van der Waals surface area contributed by atoms with E-state index in [0.717, 1.165) is 31.2 Å². The average molecular weight is 312 g/mol. The summed E-state index contributed by atoms with van der Waals surface area (Å²) in [7, 11) is -3.47. The monoisotopic (exact) mass is 312 g/mol. The summed E-state index contributed by atoms with van der Waals surface area (Å²) >= 11 is 0. The fraction of sp³-hybridized carbons (Fsp3) is 0.786. The number of hydrogen-bond acceptors (Lipinski definition) is 4. The van der Waals surface area contributed by atoms with Crippen molar-refractivity contribution in [3.8, 4) is 0 Å². The van der Waals surface area contributed by atoms with Gasteiger partial charge in [-0.25, -0.2) is 8.42 Å². The van der Waals surface area contributed by atoms with Gasteiger partial charge in [-0.05, 0) is 25.7 Å². The highest BCUT2D eigenvalue weighted by Gasteiger charge is 2.34. The molecule has 21 heavy (non-hydrogen) atoms. The van der Waals surface area contributed by atoms with Crippen molar-refractivity contribution in [1.82, 2.24) is 19.8 Å². The molecule has 0 amide bonds. The lowest BCUT2D eigenvalue weighted by Crippen LogP contribution is -2.39. The molecule has 0 aromatic carbocycles. The summed E-state index contributed by atoms with van der Waals surface area (Å²) in [4.78, 5) is 0. The van der Waals surface area contributed by atoms with Crippen LogP contribution >= 0.6 is 0 Å². The molecule has 2 aliphatic carbocycles. The van der Waals surface area contributed by atoms with Gasteiger partial charge in [0.05, 0.1) is 6.20 Å². The fourth-order valence-electron chi connectivity index (χ4n) is 3.12. The molecule has 3 rings (SSSR count). The number of hydrogen-bond donors (Lipinski definition) is 2. The Kier molecular flexibility index (Phi) is 4.33. The van der Waals surface area contributed by atoms with Crippen LogP contribution in [0.15, 0.2) is 11.2 Å². The zero-order valence-corrected chi connectivity index (χ0v) is 13.3. The van der Waals surface area contributed by atoms with Crippen LogP contribution in [0.2, 0.25) is 0 Å². The van der Waals surface area contributed by atoms with Gasteiger partial charge in [0.2, 0.25) is 0 Å². The zero-order valence-electron chi connectivity index (χ0n) is 12.5. The van der Waals surface area contributed by atoms with Crippen molar-refractivity contribution in [3.05, 3.63) is 11.8 Å². The molecule has 2 fully saturated rings.